The molecule has 1 aromatic rings. The topological polar surface area (TPSA) is 95.8 Å². The first-order valence-corrected chi connectivity index (χ1v) is 8.15. The zero-order valence-corrected chi connectivity index (χ0v) is 15.1. The van der Waals surface area contributed by atoms with E-state index in [0.29, 0.717) is 26.4 Å². The fraction of sp³-hybridized carbons (Fsp3) is 0.375. The number of aliphatic hydroxyl groups is 2. The summed E-state index contributed by atoms with van der Waals surface area (Å²) in [5, 5.41) is 16.7. The molecule has 0 aromatic heterocycles. The van der Waals surface area contributed by atoms with Gasteiger partial charge in [-0.2, -0.15) is 9.78 Å². The number of ether oxygens (including phenoxy) is 2. The van der Waals surface area contributed by atoms with Gasteiger partial charge in [-0.1, -0.05) is 34.1 Å². The Morgan fingerprint density at radius 1 is 0.800 bits per heavy atom. The van der Waals surface area contributed by atoms with Crippen molar-refractivity contribution in [1.82, 2.24) is 0 Å². The van der Waals surface area contributed by atoms with Gasteiger partial charge in [0.1, 0.15) is 25.7 Å². The standard InChI is InChI=1S/C16H21BrO8/c17-16-14(12-20-8-10-24-22-6-4-18)2-1-3-15(16)13-21-9-11-25-23-7-5-19/h1-7,18-19H,8-13H2/b6-4+,7-5+. The quantitative estimate of drug-likeness (QED) is 0.204. The van der Waals surface area contributed by atoms with E-state index in [2.05, 4.69) is 25.7 Å². The van der Waals surface area contributed by atoms with E-state index in [1.54, 1.807) is 0 Å². The molecule has 0 atom stereocenters. The molecular weight excluding hydrogens is 400 g/mol. The van der Waals surface area contributed by atoms with E-state index in [9.17, 15) is 0 Å². The highest BCUT2D eigenvalue weighted by Crippen LogP contribution is 2.23. The molecule has 2 N–H and O–H groups in total. The van der Waals surface area contributed by atoms with E-state index < -0.39 is 0 Å². The second-order valence-corrected chi connectivity index (χ2v) is 5.20. The highest BCUT2D eigenvalue weighted by atomic mass is 79.9. The minimum Gasteiger partial charge on any atom is -0.512 e. The molecule has 0 spiro atoms. The predicted octanol–water partition coefficient (Wildman–Crippen LogP) is 3.44. The van der Waals surface area contributed by atoms with Gasteiger partial charge in [-0.25, -0.2) is 0 Å². The summed E-state index contributed by atoms with van der Waals surface area (Å²) in [5.74, 6) is 0. The van der Waals surface area contributed by atoms with Crippen LogP contribution in [0.5, 0.6) is 0 Å². The smallest absolute Gasteiger partial charge is 0.163 e. The van der Waals surface area contributed by atoms with Crippen LogP contribution in [0.2, 0.25) is 0 Å². The Morgan fingerprint density at radius 3 is 1.72 bits per heavy atom. The van der Waals surface area contributed by atoms with Crippen molar-refractivity contribution < 1.29 is 39.2 Å². The third-order valence-electron chi connectivity index (χ3n) is 2.66. The largest absolute Gasteiger partial charge is 0.512 e. The highest BCUT2D eigenvalue weighted by Gasteiger charge is 2.06. The molecule has 0 bridgehead atoms. The summed E-state index contributed by atoms with van der Waals surface area (Å²) in [6.45, 7) is 1.95. The van der Waals surface area contributed by atoms with Crippen molar-refractivity contribution in [2.24, 2.45) is 0 Å². The molecule has 0 aliphatic rings. The van der Waals surface area contributed by atoms with Crippen molar-refractivity contribution in [3.63, 3.8) is 0 Å². The van der Waals surface area contributed by atoms with Crippen LogP contribution in [-0.4, -0.2) is 36.6 Å². The lowest BCUT2D eigenvalue weighted by Crippen LogP contribution is -2.06. The number of aliphatic hydroxyl groups excluding tert-OH is 2. The molecule has 0 heterocycles. The molecule has 0 saturated carbocycles. The Labute approximate surface area is 154 Å². The van der Waals surface area contributed by atoms with Crippen molar-refractivity contribution in [2.45, 2.75) is 13.2 Å². The van der Waals surface area contributed by atoms with Gasteiger partial charge in [-0.05, 0) is 11.1 Å². The van der Waals surface area contributed by atoms with Gasteiger partial charge in [0.05, 0.1) is 26.4 Å². The number of halogens is 1. The summed E-state index contributed by atoms with van der Waals surface area (Å²) < 4.78 is 11.9. The van der Waals surface area contributed by atoms with Crippen LogP contribution in [0.25, 0.3) is 0 Å². The zero-order valence-electron chi connectivity index (χ0n) is 13.5. The van der Waals surface area contributed by atoms with Crippen LogP contribution in [0.3, 0.4) is 0 Å². The number of benzene rings is 1. The molecule has 8 nitrogen and oxygen atoms in total. The van der Waals surface area contributed by atoms with E-state index in [-0.39, 0.29) is 13.2 Å². The molecule has 0 aliphatic carbocycles. The molecular formula is C16H21BrO8. The maximum absolute atomic E-state index is 8.34. The molecule has 25 heavy (non-hydrogen) atoms. The first-order chi connectivity index (χ1) is 12.3. The van der Waals surface area contributed by atoms with Crippen molar-refractivity contribution in [2.75, 3.05) is 26.4 Å². The summed E-state index contributed by atoms with van der Waals surface area (Å²) in [6.07, 6.45) is 3.49. The van der Waals surface area contributed by atoms with Crippen molar-refractivity contribution >= 4 is 15.9 Å². The fourth-order valence-electron chi connectivity index (χ4n) is 1.63. The molecule has 140 valence electrons. The Bertz CT molecular complexity index is 479. The normalized spacial score (nSPS) is 11.4. The number of hydrogen-bond donors (Lipinski definition) is 2. The third kappa shape index (κ3) is 9.95. The minimum atomic E-state index is 0.234. The molecule has 0 unspecified atom stereocenters. The molecule has 1 aromatic carbocycles. The Hall–Kier alpha value is -1.78. The van der Waals surface area contributed by atoms with Gasteiger partial charge >= 0.3 is 0 Å². The molecule has 9 heteroatoms. The lowest BCUT2D eigenvalue weighted by molar-refractivity contribution is -0.256. The van der Waals surface area contributed by atoms with E-state index >= 15 is 0 Å². The maximum atomic E-state index is 8.34. The maximum Gasteiger partial charge on any atom is 0.163 e. The van der Waals surface area contributed by atoms with E-state index in [1.807, 2.05) is 18.2 Å². The van der Waals surface area contributed by atoms with Crippen LogP contribution in [0.1, 0.15) is 11.1 Å². The third-order valence-corrected chi connectivity index (χ3v) is 3.68. The average Bonchev–Trinajstić information content (AvgIpc) is 2.62. The van der Waals surface area contributed by atoms with Gasteiger partial charge < -0.3 is 29.5 Å². The van der Waals surface area contributed by atoms with E-state index in [0.717, 1.165) is 40.6 Å². The molecule has 1 rings (SSSR count). The first kappa shape index (κ1) is 21.3. The SMILES string of the molecule is O/C=C/OOCCOCc1cccc(COCCOO/C=C/O)c1Br. The molecule has 0 amide bonds. The van der Waals surface area contributed by atoms with Gasteiger partial charge in [0.25, 0.3) is 0 Å². The summed E-state index contributed by atoms with van der Waals surface area (Å²) in [7, 11) is 0. The van der Waals surface area contributed by atoms with Gasteiger partial charge in [-0.3, -0.25) is 0 Å². The lowest BCUT2D eigenvalue weighted by Gasteiger charge is -2.11. The predicted molar refractivity (Wildman–Crippen MR) is 91.1 cm³/mol. The summed E-state index contributed by atoms with van der Waals surface area (Å²) >= 11 is 3.54. The lowest BCUT2D eigenvalue weighted by atomic mass is 10.1. The van der Waals surface area contributed by atoms with Gasteiger partial charge in [-0.15, -0.1) is 0 Å². The number of hydrogen-bond acceptors (Lipinski definition) is 8. The van der Waals surface area contributed by atoms with Crippen LogP contribution in [0.15, 0.2) is 47.7 Å². The van der Waals surface area contributed by atoms with E-state index in [1.165, 1.54) is 0 Å². The number of rotatable bonds is 14. The van der Waals surface area contributed by atoms with Crippen molar-refractivity contribution in [3.05, 3.63) is 58.8 Å². The van der Waals surface area contributed by atoms with Crippen LogP contribution >= 0.6 is 15.9 Å². The fourth-order valence-corrected chi connectivity index (χ4v) is 2.12. The Kier molecular flexibility index (Phi) is 12.4. The second-order valence-electron chi connectivity index (χ2n) is 4.40. The zero-order chi connectivity index (χ0) is 18.2. The average molecular weight is 421 g/mol. The highest BCUT2D eigenvalue weighted by molar-refractivity contribution is 9.10. The summed E-state index contributed by atoms with van der Waals surface area (Å²) in [4.78, 5) is 18.4. The van der Waals surface area contributed by atoms with Gasteiger partial charge in [0.15, 0.2) is 12.5 Å². The Morgan fingerprint density at radius 2 is 1.28 bits per heavy atom. The first-order valence-electron chi connectivity index (χ1n) is 7.36. The molecule has 0 saturated heterocycles. The molecule has 0 fully saturated rings. The second kappa shape index (κ2) is 14.6. The van der Waals surface area contributed by atoms with Crippen LogP contribution in [0, 0.1) is 0 Å². The van der Waals surface area contributed by atoms with Crippen LogP contribution in [-0.2, 0) is 42.2 Å². The van der Waals surface area contributed by atoms with Gasteiger partial charge in [0, 0.05) is 4.47 Å². The molecule has 0 radical (unpaired) electrons. The summed E-state index contributed by atoms with van der Waals surface area (Å²) in [5.41, 5.74) is 1.95. The van der Waals surface area contributed by atoms with E-state index in [4.69, 9.17) is 29.5 Å². The minimum absolute atomic E-state index is 0.234. The summed E-state index contributed by atoms with van der Waals surface area (Å²) in [6, 6.07) is 5.80. The molecule has 0 aliphatic heterocycles. The van der Waals surface area contributed by atoms with Crippen molar-refractivity contribution in [3.8, 4) is 0 Å². The Balaban J connectivity index is 2.25. The van der Waals surface area contributed by atoms with Crippen molar-refractivity contribution in [1.29, 1.82) is 0 Å². The van der Waals surface area contributed by atoms with Gasteiger partial charge in [0.2, 0.25) is 0 Å². The van der Waals surface area contributed by atoms with Crippen LogP contribution < -0.4 is 0 Å². The van der Waals surface area contributed by atoms with Crippen LogP contribution in [0.4, 0.5) is 0 Å². The monoisotopic (exact) mass is 420 g/mol.